The summed E-state index contributed by atoms with van der Waals surface area (Å²) in [6, 6.07) is 0. The summed E-state index contributed by atoms with van der Waals surface area (Å²) in [6.45, 7) is 22.0. The van der Waals surface area contributed by atoms with Crippen molar-refractivity contribution in [3.63, 3.8) is 0 Å². The van der Waals surface area contributed by atoms with Gasteiger partial charge in [0, 0.05) is 22.3 Å². The van der Waals surface area contributed by atoms with E-state index in [1.807, 2.05) is 13.8 Å². The molecular formula is C32H41F3N2O3. The van der Waals surface area contributed by atoms with Gasteiger partial charge in [0.2, 0.25) is 5.70 Å². The second-order valence-electron chi connectivity index (χ2n) is 15.3. The molecule has 5 aliphatic carbocycles. The van der Waals surface area contributed by atoms with E-state index >= 15 is 0 Å². The maximum Gasteiger partial charge on any atom is 0.471 e. The Labute approximate surface area is 235 Å². The Kier molecular flexibility index (Phi) is 6.05. The molecule has 5 nitrogen and oxygen atoms in total. The predicted octanol–water partition coefficient (Wildman–Crippen LogP) is 6.99. The van der Waals surface area contributed by atoms with Crippen molar-refractivity contribution in [2.45, 2.75) is 105 Å². The monoisotopic (exact) mass is 558 g/mol. The van der Waals surface area contributed by atoms with Crippen LogP contribution in [-0.2, 0) is 14.4 Å². The topological polar surface area (TPSA) is 67.6 Å². The minimum atomic E-state index is -4.99. The van der Waals surface area contributed by atoms with Crippen LogP contribution in [0.1, 0.15) is 93.4 Å². The lowest BCUT2D eigenvalue weighted by molar-refractivity contribution is -0.185. The molecule has 7 atom stereocenters. The third-order valence-electron chi connectivity index (χ3n) is 12.5. The number of carbonyl (C=O) groups is 3. The van der Waals surface area contributed by atoms with Crippen LogP contribution >= 0.6 is 0 Å². The van der Waals surface area contributed by atoms with Gasteiger partial charge in [0.25, 0.3) is 0 Å². The van der Waals surface area contributed by atoms with E-state index in [2.05, 4.69) is 44.8 Å². The van der Waals surface area contributed by atoms with E-state index in [1.54, 1.807) is 12.2 Å². The van der Waals surface area contributed by atoms with Crippen LogP contribution in [0.25, 0.3) is 4.85 Å². The van der Waals surface area contributed by atoms with Gasteiger partial charge in [0.05, 0.1) is 6.57 Å². The van der Waals surface area contributed by atoms with Crippen LogP contribution in [0, 0.1) is 51.4 Å². The standard InChI is InChI=1S/C32H41F3N2O3/c1-26(2)11-13-31(37-25(40)32(33,34)35)14-12-30(7)23(18(31)16-26)20(38)15-22-28(5)17-19(36-8)24(39)27(3,4)21(28)9-10-29(22,30)6/h15,17-18,21,23H,9-14,16H2,1-7H3,(H,37,40)/t18?,21-,23?,28-,29+,30+,31-/m0/s1. The van der Waals surface area contributed by atoms with Gasteiger partial charge in [-0.15, -0.1) is 0 Å². The van der Waals surface area contributed by atoms with Crippen molar-refractivity contribution in [1.82, 2.24) is 5.32 Å². The van der Waals surface area contributed by atoms with Crippen LogP contribution in [0.5, 0.6) is 0 Å². The number of nitrogens with one attached hydrogen (secondary N) is 1. The molecule has 0 aromatic rings. The number of fused-ring (bicyclic) bond motifs is 7. The lowest BCUT2D eigenvalue weighted by Gasteiger charge is -2.69. The summed E-state index contributed by atoms with van der Waals surface area (Å²) < 4.78 is 40.5. The third kappa shape index (κ3) is 3.67. The second-order valence-corrected chi connectivity index (χ2v) is 15.3. The first-order valence-corrected chi connectivity index (χ1v) is 14.5. The van der Waals surface area contributed by atoms with Crippen molar-refractivity contribution in [3.05, 3.63) is 34.8 Å². The number of rotatable bonds is 1. The summed E-state index contributed by atoms with van der Waals surface area (Å²) in [5, 5.41) is 2.43. The van der Waals surface area contributed by atoms with Gasteiger partial charge in [-0.2, -0.15) is 13.2 Å². The molecule has 0 radical (unpaired) electrons. The van der Waals surface area contributed by atoms with Crippen molar-refractivity contribution in [2.24, 2.45) is 44.8 Å². The van der Waals surface area contributed by atoms with E-state index in [4.69, 9.17) is 6.57 Å². The number of amides is 1. The highest BCUT2D eigenvalue weighted by atomic mass is 19.4. The SMILES string of the molecule is [C-]#[N+]C1=C[C@]2(C)C3=CC(=O)C4C5CC(C)(C)CC[C@]5(NC(=O)C(F)(F)F)CC[C@@]4(C)[C@]3(C)CC[C@H]2C(C)(C)C1=O. The molecule has 0 bridgehead atoms. The Bertz CT molecular complexity index is 1300. The molecule has 218 valence electrons. The summed E-state index contributed by atoms with van der Waals surface area (Å²) in [7, 11) is 0. The first-order valence-electron chi connectivity index (χ1n) is 14.5. The number of hydrogen-bond acceptors (Lipinski definition) is 3. The first kappa shape index (κ1) is 29.1. The van der Waals surface area contributed by atoms with Gasteiger partial charge >= 0.3 is 12.1 Å². The van der Waals surface area contributed by atoms with Gasteiger partial charge in [0.1, 0.15) is 0 Å². The van der Waals surface area contributed by atoms with Crippen molar-refractivity contribution < 1.29 is 27.6 Å². The average Bonchev–Trinajstić information content (AvgIpc) is 2.83. The molecule has 2 unspecified atom stereocenters. The van der Waals surface area contributed by atoms with Crippen molar-refractivity contribution in [2.75, 3.05) is 0 Å². The maximum absolute atomic E-state index is 14.4. The Morgan fingerprint density at radius 1 is 1.00 bits per heavy atom. The summed E-state index contributed by atoms with van der Waals surface area (Å²) in [5.41, 5.74) is -2.64. The number of Topliss-reactive ketones (excluding diaryl/α,β-unsaturated/α-hetero) is 1. The Balaban J connectivity index is 1.67. The minimum absolute atomic E-state index is 0.0763. The van der Waals surface area contributed by atoms with E-state index in [-0.39, 0.29) is 28.6 Å². The number of halogens is 3. The lowest BCUT2D eigenvalue weighted by Crippen LogP contribution is -2.70. The van der Waals surface area contributed by atoms with Crippen LogP contribution in [-0.4, -0.2) is 29.2 Å². The summed E-state index contributed by atoms with van der Waals surface area (Å²) in [5.74, 6) is -3.22. The maximum atomic E-state index is 14.4. The zero-order valence-electron chi connectivity index (χ0n) is 24.6. The predicted molar refractivity (Wildman–Crippen MR) is 144 cm³/mol. The first-order chi connectivity index (χ1) is 18.2. The highest BCUT2D eigenvalue weighted by Crippen LogP contribution is 2.73. The molecule has 0 aliphatic heterocycles. The second kappa shape index (κ2) is 8.32. The molecular weight excluding hydrogens is 517 g/mol. The molecule has 0 aromatic heterocycles. The number of alkyl halides is 3. The number of allylic oxidation sites excluding steroid dienone is 4. The molecule has 5 rings (SSSR count). The van der Waals surface area contributed by atoms with Crippen molar-refractivity contribution in [3.8, 4) is 0 Å². The smallest absolute Gasteiger partial charge is 0.343 e. The van der Waals surface area contributed by atoms with Gasteiger partial charge in [0.15, 0.2) is 11.6 Å². The summed E-state index contributed by atoms with van der Waals surface area (Å²) >= 11 is 0. The van der Waals surface area contributed by atoms with E-state index in [0.717, 1.165) is 18.4 Å². The zero-order valence-corrected chi connectivity index (χ0v) is 24.6. The van der Waals surface area contributed by atoms with Gasteiger partial charge < -0.3 is 10.1 Å². The van der Waals surface area contributed by atoms with E-state index in [0.29, 0.717) is 32.1 Å². The van der Waals surface area contributed by atoms with Crippen LogP contribution < -0.4 is 5.32 Å². The Morgan fingerprint density at radius 3 is 2.23 bits per heavy atom. The fraction of sp³-hybridized carbons (Fsp3) is 0.750. The molecule has 5 aliphatic rings. The quantitative estimate of drug-likeness (QED) is 0.353. The molecule has 0 spiro atoms. The molecule has 0 saturated heterocycles. The summed E-state index contributed by atoms with van der Waals surface area (Å²) in [4.78, 5) is 43.4. The fourth-order valence-corrected chi connectivity index (χ4v) is 10.1. The van der Waals surface area contributed by atoms with Crippen LogP contribution in [0.4, 0.5) is 13.2 Å². The van der Waals surface area contributed by atoms with Gasteiger partial charge in [-0.1, -0.05) is 60.1 Å². The largest absolute Gasteiger partial charge is 0.471 e. The normalized spacial score (nSPS) is 43.6. The minimum Gasteiger partial charge on any atom is -0.343 e. The zero-order chi connectivity index (χ0) is 29.9. The molecule has 8 heteroatoms. The highest BCUT2D eigenvalue weighted by molar-refractivity contribution is 6.03. The van der Waals surface area contributed by atoms with Crippen LogP contribution in [0.15, 0.2) is 23.4 Å². The number of ketones is 2. The summed E-state index contributed by atoms with van der Waals surface area (Å²) in [6.07, 6.45) is 2.54. The number of carbonyl (C=O) groups excluding carboxylic acids is 3. The molecule has 1 amide bonds. The van der Waals surface area contributed by atoms with Crippen molar-refractivity contribution in [1.29, 1.82) is 0 Å². The van der Waals surface area contributed by atoms with Gasteiger partial charge in [-0.05, 0) is 79.1 Å². The molecule has 40 heavy (non-hydrogen) atoms. The third-order valence-corrected chi connectivity index (χ3v) is 12.5. The Morgan fingerprint density at radius 2 is 1.62 bits per heavy atom. The average molecular weight is 559 g/mol. The highest BCUT2D eigenvalue weighted by Gasteiger charge is 2.70. The van der Waals surface area contributed by atoms with Gasteiger partial charge in [-0.3, -0.25) is 9.59 Å². The van der Waals surface area contributed by atoms with Crippen LogP contribution in [0.3, 0.4) is 0 Å². The van der Waals surface area contributed by atoms with E-state index < -0.39 is 51.1 Å². The lowest BCUT2D eigenvalue weighted by atomic mass is 9.35. The van der Waals surface area contributed by atoms with Crippen molar-refractivity contribution >= 4 is 17.5 Å². The number of nitrogens with zero attached hydrogens (tertiary/aromatic N) is 1. The number of hydrogen-bond donors (Lipinski definition) is 1. The van der Waals surface area contributed by atoms with E-state index in [9.17, 15) is 27.6 Å². The van der Waals surface area contributed by atoms with Crippen LogP contribution in [0.2, 0.25) is 0 Å². The molecule has 0 heterocycles. The molecule has 0 aromatic carbocycles. The molecule has 3 fully saturated rings. The molecule has 1 N–H and O–H groups in total. The Hall–Kier alpha value is -2.43. The molecule has 3 saturated carbocycles. The van der Waals surface area contributed by atoms with Gasteiger partial charge in [-0.25, -0.2) is 4.85 Å². The fourth-order valence-electron chi connectivity index (χ4n) is 10.1. The van der Waals surface area contributed by atoms with E-state index in [1.165, 1.54) is 0 Å².